The van der Waals surface area contributed by atoms with Crippen LogP contribution in [0.15, 0.2) is 91.0 Å². The van der Waals surface area contributed by atoms with E-state index in [1.54, 1.807) is 54.6 Å². The van der Waals surface area contributed by atoms with Crippen LogP contribution in [-0.2, 0) is 20.9 Å². The first-order valence-electron chi connectivity index (χ1n) is 14.5. The average Bonchev–Trinajstić information content (AvgIpc) is 3.60. The van der Waals surface area contributed by atoms with Crippen LogP contribution in [0.3, 0.4) is 0 Å². The van der Waals surface area contributed by atoms with Crippen molar-refractivity contribution in [2.75, 3.05) is 42.5 Å². The van der Waals surface area contributed by atoms with E-state index in [0.29, 0.717) is 28.4 Å². The van der Waals surface area contributed by atoms with E-state index >= 15 is 0 Å². The first-order chi connectivity index (χ1) is 21.7. The first kappa shape index (κ1) is 29.4. The maximum atomic E-state index is 14.3. The molecule has 10 nitrogen and oxygen atoms in total. The van der Waals surface area contributed by atoms with Crippen molar-refractivity contribution in [1.82, 2.24) is 4.90 Å². The molecule has 2 aliphatic heterocycles. The topological polar surface area (TPSA) is 108 Å². The quantitative estimate of drug-likeness (QED) is 0.275. The number of carbonyl (C=O) groups excluding carboxylic acids is 4. The van der Waals surface area contributed by atoms with Crippen molar-refractivity contribution >= 4 is 40.6 Å². The molecule has 0 spiro atoms. The Bertz CT molecular complexity index is 1790. The number of ether oxygens (including phenoxy) is 2. The summed E-state index contributed by atoms with van der Waals surface area (Å²) in [6.45, 7) is 1.64. The fourth-order valence-electron chi connectivity index (χ4n) is 5.45. The number of amides is 3. The van der Waals surface area contributed by atoms with Gasteiger partial charge in [-0.2, -0.15) is 0 Å². The lowest BCUT2D eigenvalue weighted by molar-refractivity contribution is -0.139. The molecule has 0 radical (unpaired) electrons. The summed E-state index contributed by atoms with van der Waals surface area (Å²) in [7, 11) is 3.85. The lowest BCUT2D eigenvalue weighted by Gasteiger charge is -2.33. The minimum absolute atomic E-state index is 0.0460. The molecule has 0 bridgehead atoms. The predicted molar refractivity (Wildman–Crippen MR) is 170 cm³/mol. The van der Waals surface area contributed by atoms with E-state index in [9.17, 15) is 19.2 Å². The number of carbonyl (C=O) groups is 4. The Morgan fingerprint density at radius 2 is 1.60 bits per heavy atom. The van der Waals surface area contributed by atoms with Gasteiger partial charge in [0.2, 0.25) is 12.7 Å². The standard InChI is InChI=1S/C35H32N4O6/c1-22-8-10-23(11-9-22)19-39(31(40)20-38-28-7-5-4-6-27(28)33(41)35(38)43)32(24-12-17-29-30(18-24)45-21-44-29)34(42)36-25-13-15-26(16-14-25)37(2)3/h4-18,32H,19-21H2,1-3H3,(H,36,42). The summed E-state index contributed by atoms with van der Waals surface area (Å²) in [5, 5.41) is 2.97. The maximum absolute atomic E-state index is 14.3. The van der Waals surface area contributed by atoms with Gasteiger partial charge in [-0.15, -0.1) is 0 Å². The molecule has 2 heterocycles. The van der Waals surface area contributed by atoms with Gasteiger partial charge >= 0.3 is 0 Å². The van der Waals surface area contributed by atoms with Gasteiger partial charge in [0.05, 0.1) is 11.3 Å². The number of fused-ring (bicyclic) bond motifs is 2. The Labute approximate surface area is 260 Å². The van der Waals surface area contributed by atoms with E-state index < -0.39 is 36.1 Å². The molecule has 0 aliphatic carbocycles. The van der Waals surface area contributed by atoms with Crippen LogP contribution < -0.4 is 24.6 Å². The summed E-state index contributed by atoms with van der Waals surface area (Å²) in [6, 6.07) is 25.6. The van der Waals surface area contributed by atoms with Crippen molar-refractivity contribution in [2.45, 2.75) is 19.5 Å². The summed E-state index contributed by atoms with van der Waals surface area (Å²) in [5.74, 6) is -1.45. The summed E-state index contributed by atoms with van der Waals surface area (Å²) in [4.78, 5) is 58.9. The molecule has 1 N–H and O–H groups in total. The first-order valence-corrected chi connectivity index (χ1v) is 14.5. The summed E-state index contributed by atoms with van der Waals surface area (Å²) in [5.41, 5.74) is 4.43. The highest BCUT2D eigenvalue weighted by molar-refractivity contribution is 6.52. The maximum Gasteiger partial charge on any atom is 0.299 e. The number of ketones is 1. The van der Waals surface area contributed by atoms with Gasteiger partial charge < -0.3 is 24.6 Å². The number of Topliss-reactive ketones (excluding diaryl/α,β-unsaturated/α-hetero) is 1. The molecule has 0 fully saturated rings. The highest BCUT2D eigenvalue weighted by Gasteiger charge is 2.39. The largest absolute Gasteiger partial charge is 0.454 e. The van der Waals surface area contributed by atoms with Crippen LogP contribution in [0.2, 0.25) is 0 Å². The number of hydrogen-bond donors (Lipinski definition) is 1. The molecule has 1 unspecified atom stereocenters. The Hall–Kier alpha value is -5.64. The molecule has 0 saturated carbocycles. The third-order valence-corrected chi connectivity index (χ3v) is 7.89. The highest BCUT2D eigenvalue weighted by Crippen LogP contribution is 2.37. The molecular weight excluding hydrogens is 572 g/mol. The van der Waals surface area contributed by atoms with E-state index in [2.05, 4.69) is 5.32 Å². The zero-order valence-corrected chi connectivity index (χ0v) is 25.2. The number of rotatable bonds is 9. The molecule has 2 aliphatic rings. The third-order valence-electron chi connectivity index (χ3n) is 7.89. The van der Waals surface area contributed by atoms with Gasteiger partial charge in [0.25, 0.3) is 17.6 Å². The molecule has 6 rings (SSSR count). The second-order valence-corrected chi connectivity index (χ2v) is 11.2. The lowest BCUT2D eigenvalue weighted by atomic mass is 10.0. The summed E-state index contributed by atoms with van der Waals surface area (Å²) in [6.07, 6.45) is 0. The van der Waals surface area contributed by atoms with Crippen LogP contribution in [0.1, 0.15) is 33.1 Å². The minimum Gasteiger partial charge on any atom is -0.454 e. The summed E-state index contributed by atoms with van der Waals surface area (Å²) >= 11 is 0. The van der Waals surface area contributed by atoms with Crippen molar-refractivity contribution in [2.24, 2.45) is 0 Å². The Kier molecular flexibility index (Phi) is 7.95. The SMILES string of the molecule is Cc1ccc(CN(C(=O)CN2C(=O)C(=O)c3ccccc32)C(C(=O)Nc2ccc(N(C)C)cc2)c2ccc3c(c2)OCO3)cc1. The number of para-hydroxylation sites is 1. The van der Waals surface area contributed by atoms with Crippen LogP contribution in [-0.4, -0.2) is 55.8 Å². The Balaban J connectivity index is 1.40. The van der Waals surface area contributed by atoms with Crippen LogP contribution in [0.5, 0.6) is 11.5 Å². The van der Waals surface area contributed by atoms with Crippen molar-refractivity contribution in [3.63, 3.8) is 0 Å². The fraction of sp³-hybridized carbons (Fsp3) is 0.200. The van der Waals surface area contributed by atoms with Gasteiger partial charge in [0.1, 0.15) is 12.6 Å². The highest BCUT2D eigenvalue weighted by atomic mass is 16.7. The average molecular weight is 605 g/mol. The molecule has 4 aromatic carbocycles. The number of anilines is 3. The third kappa shape index (κ3) is 5.95. The number of nitrogens with zero attached hydrogens (tertiary/aromatic N) is 3. The van der Waals surface area contributed by atoms with E-state index in [4.69, 9.17) is 9.47 Å². The van der Waals surface area contributed by atoms with Crippen molar-refractivity contribution in [3.05, 3.63) is 113 Å². The van der Waals surface area contributed by atoms with Crippen molar-refractivity contribution in [3.8, 4) is 11.5 Å². The predicted octanol–water partition coefficient (Wildman–Crippen LogP) is 4.73. The van der Waals surface area contributed by atoms with Gasteiger partial charge in [-0.3, -0.25) is 24.1 Å². The van der Waals surface area contributed by atoms with Crippen LogP contribution in [0.4, 0.5) is 17.1 Å². The molecule has 3 amide bonds. The fourth-order valence-corrected chi connectivity index (χ4v) is 5.45. The van der Waals surface area contributed by atoms with Gasteiger partial charge in [-0.05, 0) is 66.6 Å². The van der Waals surface area contributed by atoms with E-state index in [1.807, 2.05) is 62.3 Å². The molecule has 1 atom stereocenters. The number of hydrogen-bond acceptors (Lipinski definition) is 7. The van der Waals surface area contributed by atoms with E-state index in [1.165, 1.54) is 9.80 Å². The van der Waals surface area contributed by atoms with Gasteiger partial charge in [-0.1, -0.05) is 48.0 Å². The van der Waals surface area contributed by atoms with Gasteiger partial charge in [0, 0.05) is 32.0 Å². The molecule has 4 aromatic rings. The Morgan fingerprint density at radius 3 is 2.33 bits per heavy atom. The van der Waals surface area contributed by atoms with Crippen LogP contribution in [0.25, 0.3) is 0 Å². The molecular formula is C35H32N4O6. The van der Waals surface area contributed by atoms with E-state index in [0.717, 1.165) is 16.8 Å². The monoisotopic (exact) mass is 604 g/mol. The molecule has 45 heavy (non-hydrogen) atoms. The smallest absolute Gasteiger partial charge is 0.299 e. The lowest BCUT2D eigenvalue weighted by Crippen LogP contribution is -2.46. The van der Waals surface area contributed by atoms with Gasteiger partial charge in [-0.25, -0.2) is 0 Å². The summed E-state index contributed by atoms with van der Waals surface area (Å²) < 4.78 is 11.1. The van der Waals surface area contributed by atoms with Gasteiger partial charge in [0.15, 0.2) is 11.5 Å². The second kappa shape index (κ2) is 12.2. The van der Waals surface area contributed by atoms with Crippen LogP contribution in [0, 0.1) is 6.92 Å². The normalized spacial score (nSPS) is 13.8. The van der Waals surface area contributed by atoms with Crippen molar-refractivity contribution in [1.29, 1.82) is 0 Å². The molecule has 228 valence electrons. The minimum atomic E-state index is -1.13. The van der Waals surface area contributed by atoms with Crippen molar-refractivity contribution < 1.29 is 28.7 Å². The zero-order chi connectivity index (χ0) is 31.7. The zero-order valence-electron chi connectivity index (χ0n) is 25.2. The second-order valence-electron chi connectivity index (χ2n) is 11.2. The van der Waals surface area contributed by atoms with E-state index in [-0.39, 0.29) is 18.9 Å². The molecule has 0 saturated heterocycles. The number of nitrogens with one attached hydrogen (secondary N) is 1. The number of benzene rings is 4. The molecule has 0 aromatic heterocycles. The molecule has 10 heteroatoms. The Morgan fingerprint density at radius 1 is 0.889 bits per heavy atom. The number of aryl methyl sites for hydroxylation is 1. The van der Waals surface area contributed by atoms with Crippen LogP contribution >= 0.6 is 0 Å².